The number of hydrogen-bond acceptors (Lipinski definition) is 8. The third-order valence-corrected chi connectivity index (χ3v) is 11.6. The highest BCUT2D eigenvalue weighted by Gasteiger charge is 2.26. The standard InChI is InChI=1S/C47H92NO8P/c1-3-5-7-9-11-13-15-17-19-20-21-22-23-24-26-28-30-32-34-36-38-40-47(50)56-45(44-55-57(51,52)54-42-41-48)43-53-46(49)39-37-35-33-31-29-27-25-18-16-14-12-10-8-6-4-2/h17,19,45H,3-16,18,20-44,48H2,1-2H3,(H,51,52). The Bertz CT molecular complexity index is 948. The van der Waals surface area contributed by atoms with E-state index in [1.165, 1.54) is 180 Å². The average Bonchev–Trinajstić information content (AvgIpc) is 3.20. The molecule has 0 saturated heterocycles. The molecular weight excluding hydrogens is 737 g/mol. The lowest BCUT2D eigenvalue weighted by Gasteiger charge is -2.19. The third-order valence-electron chi connectivity index (χ3n) is 10.7. The first-order valence-electron chi connectivity index (χ1n) is 24.2. The van der Waals surface area contributed by atoms with E-state index < -0.39 is 26.5 Å². The van der Waals surface area contributed by atoms with E-state index in [2.05, 4.69) is 26.0 Å². The van der Waals surface area contributed by atoms with Gasteiger partial charge in [-0.25, -0.2) is 4.57 Å². The zero-order valence-electron chi connectivity index (χ0n) is 37.3. The van der Waals surface area contributed by atoms with Gasteiger partial charge in [0.25, 0.3) is 0 Å². The summed E-state index contributed by atoms with van der Waals surface area (Å²) in [7, 11) is -4.37. The van der Waals surface area contributed by atoms with Crippen LogP contribution in [-0.2, 0) is 32.7 Å². The molecule has 0 aliphatic heterocycles. The summed E-state index contributed by atoms with van der Waals surface area (Å²) in [4.78, 5) is 35.0. The number of esters is 2. The molecule has 57 heavy (non-hydrogen) atoms. The number of phosphoric acid groups is 1. The molecule has 2 atom stereocenters. The lowest BCUT2D eigenvalue weighted by molar-refractivity contribution is -0.161. The summed E-state index contributed by atoms with van der Waals surface area (Å²) in [5.74, 6) is -0.815. The molecule has 338 valence electrons. The molecule has 0 radical (unpaired) electrons. The minimum Gasteiger partial charge on any atom is -0.462 e. The Labute approximate surface area is 351 Å². The number of nitrogens with two attached hydrogens (primary N) is 1. The molecule has 3 N–H and O–H groups in total. The number of allylic oxidation sites excluding steroid dienone is 2. The molecule has 0 aromatic heterocycles. The fourth-order valence-electron chi connectivity index (χ4n) is 7.04. The first-order chi connectivity index (χ1) is 27.8. The van der Waals surface area contributed by atoms with Gasteiger partial charge in [0.15, 0.2) is 6.10 Å². The Balaban J connectivity index is 4.04. The van der Waals surface area contributed by atoms with Gasteiger partial charge in [0.1, 0.15) is 6.61 Å². The maximum Gasteiger partial charge on any atom is 0.472 e. The minimum atomic E-state index is -4.37. The average molecular weight is 830 g/mol. The van der Waals surface area contributed by atoms with Crippen LogP contribution in [0.4, 0.5) is 0 Å². The number of unbranched alkanes of at least 4 members (excludes halogenated alkanes) is 31. The highest BCUT2D eigenvalue weighted by atomic mass is 31.2. The Morgan fingerprint density at radius 2 is 0.860 bits per heavy atom. The number of rotatable bonds is 46. The second kappa shape index (κ2) is 44.3. The van der Waals surface area contributed by atoms with Gasteiger partial charge < -0.3 is 20.1 Å². The molecule has 0 saturated carbocycles. The quantitative estimate of drug-likeness (QED) is 0.0266. The Morgan fingerprint density at radius 3 is 1.25 bits per heavy atom. The van der Waals surface area contributed by atoms with Gasteiger partial charge in [0, 0.05) is 19.4 Å². The molecule has 0 aliphatic carbocycles. The fourth-order valence-corrected chi connectivity index (χ4v) is 7.81. The van der Waals surface area contributed by atoms with Crippen molar-refractivity contribution in [3.8, 4) is 0 Å². The van der Waals surface area contributed by atoms with Crippen molar-refractivity contribution in [3.63, 3.8) is 0 Å². The van der Waals surface area contributed by atoms with Gasteiger partial charge in [0.05, 0.1) is 13.2 Å². The summed E-state index contributed by atoms with van der Waals surface area (Å²) >= 11 is 0. The van der Waals surface area contributed by atoms with Crippen LogP contribution in [0.2, 0.25) is 0 Å². The van der Waals surface area contributed by atoms with Crippen molar-refractivity contribution in [2.45, 2.75) is 251 Å². The first kappa shape index (κ1) is 55.8. The van der Waals surface area contributed by atoms with E-state index in [0.717, 1.165) is 32.1 Å². The zero-order chi connectivity index (χ0) is 41.8. The molecule has 0 aromatic rings. The summed E-state index contributed by atoms with van der Waals surface area (Å²) in [6, 6.07) is 0. The van der Waals surface area contributed by atoms with Crippen molar-refractivity contribution < 1.29 is 37.6 Å². The van der Waals surface area contributed by atoms with Crippen LogP contribution in [0.15, 0.2) is 12.2 Å². The predicted molar refractivity (Wildman–Crippen MR) is 238 cm³/mol. The second-order valence-electron chi connectivity index (χ2n) is 16.3. The lowest BCUT2D eigenvalue weighted by atomic mass is 10.0. The van der Waals surface area contributed by atoms with Crippen LogP contribution in [0.5, 0.6) is 0 Å². The van der Waals surface area contributed by atoms with Gasteiger partial charge in [-0.3, -0.25) is 18.6 Å². The molecule has 0 bridgehead atoms. The monoisotopic (exact) mass is 830 g/mol. The summed E-state index contributed by atoms with van der Waals surface area (Å²) in [6.45, 7) is 3.77. The lowest BCUT2D eigenvalue weighted by Crippen LogP contribution is -2.29. The first-order valence-corrected chi connectivity index (χ1v) is 25.7. The Morgan fingerprint density at radius 1 is 0.509 bits per heavy atom. The van der Waals surface area contributed by atoms with Crippen molar-refractivity contribution in [2.75, 3.05) is 26.4 Å². The van der Waals surface area contributed by atoms with E-state index in [9.17, 15) is 19.0 Å². The van der Waals surface area contributed by atoms with Crippen LogP contribution in [0.1, 0.15) is 245 Å². The highest BCUT2D eigenvalue weighted by molar-refractivity contribution is 7.47. The third kappa shape index (κ3) is 44.1. The predicted octanol–water partition coefficient (Wildman–Crippen LogP) is 14.2. The fraction of sp³-hybridized carbons (Fsp3) is 0.915. The zero-order valence-corrected chi connectivity index (χ0v) is 38.2. The molecule has 10 heteroatoms. The van der Waals surface area contributed by atoms with Crippen molar-refractivity contribution in [1.82, 2.24) is 0 Å². The van der Waals surface area contributed by atoms with Gasteiger partial charge in [-0.15, -0.1) is 0 Å². The molecule has 0 aliphatic rings. The summed E-state index contributed by atoms with van der Waals surface area (Å²) in [5.41, 5.74) is 5.36. The van der Waals surface area contributed by atoms with Gasteiger partial charge in [0.2, 0.25) is 0 Å². The van der Waals surface area contributed by atoms with E-state index in [4.69, 9.17) is 24.3 Å². The summed E-state index contributed by atoms with van der Waals surface area (Å²) in [6.07, 6.45) is 46.7. The molecule has 0 heterocycles. The topological polar surface area (TPSA) is 134 Å². The molecular formula is C47H92NO8P. The van der Waals surface area contributed by atoms with E-state index in [0.29, 0.717) is 6.42 Å². The van der Waals surface area contributed by atoms with Gasteiger partial charge in [-0.05, 0) is 38.5 Å². The second-order valence-corrected chi connectivity index (χ2v) is 17.8. The van der Waals surface area contributed by atoms with E-state index in [1.54, 1.807) is 0 Å². The van der Waals surface area contributed by atoms with Crippen molar-refractivity contribution >= 4 is 19.8 Å². The highest BCUT2D eigenvalue weighted by Crippen LogP contribution is 2.43. The summed E-state index contributed by atoms with van der Waals surface area (Å²) < 4.78 is 32.9. The van der Waals surface area contributed by atoms with Crippen LogP contribution in [-0.4, -0.2) is 49.3 Å². The molecule has 0 spiro atoms. The van der Waals surface area contributed by atoms with E-state index >= 15 is 0 Å². The SMILES string of the molecule is CCCCCCCCC=CCCCCCCCCCCCCCC(=O)OC(COC(=O)CCCCCCCCCCCCCCCCC)COP(=O)(O)OCCN. The van der Waals surface area contributed by atoms with E-state index in [-0.39, 0.29) is 38.6 Å². The number of hydrogen-bond donors (Lipinski definition) is 2. The van der Waals surface area contributed by atoms with Gasteiger partial charge in [-0.1, -0.05) is 206 Å². The maximum atomic E-state index is 12.6. The number of phosphoric ester groups is 1. The Hall–Kier alpha value is -1.25. The van der Waals surface area contributed by atoms with Crippen LogP contribution in [0.3, 0.4) is 0 Å². The molecule has 2 unspecified atom stereocenters. The number of carbonyl (C=O) groups excluding carboxylic acids is 2. The molecule has 0 aromatic carbocycles. The molecule has 0 rings (SSSR count). The minimum absolute atomic E-state index is 0.0565. The summed E-state index contributed by atoms with van der Waals surface area (Å²) in [5, 5.41) is 0. The molecule has 9 nitrogen and oxygen atoms in total. The van der Waals surface area contributed by atoms with Crippen LogP contribution in [0.25, 0.3) is 0 Å². The number of carbonyl (C=O) groups is 2. The smallest absolute Gasteiger partial charge is 0.462 e. The molecule has 0 amide bonds. The van der Waals surface area contributed by atoms with Crippen molar-refractivity contribution in [3.05, 3.63) is 12.2 Å². The van der Waals surface area contributed by atoms with Crippen molar-refractivity contribution in [1.29, 1.82) is 0 Å². The molecule has 0 fully saturated rings. The van der Waals surface area contributed by atoms with E-state index in [1.807, 2.05) is 0 Å². The van der Waals surface area contributed by atoms with Crippen LogP contribution in [0, 0.1) is 0 Å². The number of ether oxygens (including phenoxy) is 2. The van der Waals surface area contributed by atoms with Crippen LogP contribution < -0.4 is 5.73 Å². The maximum absolute atomic E-state index is 12.6. The Kier molecular flexibility index (Phi) is 43.3. The van der Waals surface area contributed by atoms with Gasteiger partial charge in [-0.2, -0.15) is 0 Å². The largest absolute Gasteiger partial charge is 0.472 e. The van der Waals surface area contributed by atoms with Gasteiger partial charge >= 0.3 is 19.8 Å². The van der Waals surface area contributed by atoms with Crippen molar-refractivity contribution in [2.24, 2.45) is 5.73 Å². The normalized spacial score (nSPS) is 13.3. The van der Waals surface area contributed by atoms with Crippen LogP contribution >= 0.6 is 7.82 Å².